The first kappa shape index (κ1) is 22.4. The largest absolute Gasteiger partial charge is 0.451 e. The number of carbonyl (C=O) groups is 4. The number of hydrogen-bond donors (Lipinski definition) is 1. The van der Waals surface area contributed by atoms with E-state index in [1.165, 1.54) is 6.92 Å². The van der Waals surface area contributed by atoms with Gasteiger partial charge in [0.15, 0.2) is 6.10 Å². The molecule has 1 aliphatic rings. The number of amides is 4. The number of hydrogen-bond acceptors (Lipinski definition) is 5. The summed E-state index contributed by atoms with van der Waals surface area (Å²) in [6.45, 7) is 10.0. The maximum atomic E-state index is 12.8. The van der Waals surface area contributed by atoms with E-state index in [4.69, 9.17) is 4.74 Å². The normalized spacial score (nSPS) is 20.1. The average molecular weight is 403 g/mol. The number of rotatable bonds is 7. The Kier molecular flexibility index (Phi) is 6.66. The topological polar surface area (TPSA) is 96.0 Å². The van der Waals surface area contributed by atoms with Crippen molar-refractivity contribution in [3.05, 3.63) is 35.9 Å². The highest BCUT2D eigenvalue weighted by atomic mass is 16.5. The summed E-state index contributed by atoms with van der Waals surface area (Å²) in [4.78, 5) is 52.6. The van der Waals surface area contributed by atoms with Gasteiger partial charge >= 0.3 is 12.0 Å². The van der Waals surface area contributed by atoms with Crippen molar-refractivity contribution in [3.8, 4) is 0 Å². The van der Waals surface area contributed by atoms with Crippen LogP contribution in [0.15, 0.2) is 30.3 Å². The second-order valence-corrected chi connectivity index (χ2v) is 7.88. The molecule has 0 bridgehead atoms. The standard InChI is InChI=1S/C21H29N3O5/c1-13(2)24(14(3)4)18(26)15(5)29-17(25)12-23-19(27)21(6,22-20(23)28)16-10-8-7-9-11-16/h7-11,13-15H,12H2,1-6H3,(H,22,28)/t15-,21-/m1/s1. The average Bonchev–Trinajstić information content (AvgIpc) is 2.86. The third kappa shape index (κ3) is 4.58. The van der Waals surface area contributed by atoms with E-state index < -0.39 is 36.1 Å². The molecule has 2 rings (SSSR count). The van der Waals surface area contributed by atoms with Crippen LogP contribution in [0, 0.1) is 0 Å². The lowest BCUT2D eigenvalue weighted by molar-refractivity contribution is -0.162. The molecule has 0 aromatic heterocycles. The molecule has 8 heteroatoms. The minimum Gasteiger partial charge on any atom is -0.451 e. The molecule has 1 heterocycles. The van der Waals surface area contributed by atoms with E-state index in [-0.39, 0.29) is 18.0 Å². The fourth-order valence-corrected chi connectivity index (χ4v) is 3.54. The number of benzene rings is 1. The van der Waals surface area contributed by atoms with Gasteiger partial charge in [-0.15, -0.1) is 0 Å². The molecule has 1 fully saturated rings. The summed E-state index contributed by atoms with van der Waals surface area (Å²) in [7, 11) is 0. The van der Waals surface area contributed by atoms with Crippen LogP contribution in [-0.2, 0) is 24.7 Å². The first-order chi connectivity index (χ1) is 13.5. The lowest BCUT2D eigenvalue weighted by atomic mass is 9.92. The van der Waals surface area contributed by atoms with Gasteiger partial charge in [-0.2, -0.15) is 0 Å². The van der Waals surface area contributed by atoms with Gasteiger partial charge in [0.1, 0.15) is 12.1 Å². The van der Waals surface area contributed by atoms with Crippen LogP contribution in [0.4, 0.5) is 4.79 Å². The highest BCUT2D eigenvalue weighted by Crippen LogP contribution is 2.28. The Morgan fingerprint density at radius 1 is 1.07 bits per heavy atom. The summed E-state index contributed by atoms with van der Waals surface area (Å²) < 4.78 is 5.22. The van der Waals surface area contributed by atoms with Crippen LogP contribution in [0.2, 0.25) is 0 Å². The summed E-state index contributed by atoms with van der Waals surface area (Å²) in [5, 5.41) is 2.63. The monoisotopic (exact) mass is 403 g/mol. The predicted octanol–water partition coefficient (Wildman–Crippen LogP) is 2.03. The number of carbonyl (C=O) groups excluding carboxylic acids is 4. The molecule has 0 saturated carbocycles. The van der Waals surface area contributed by atoms with Gasteiger partial charge in [-0.1, -0.05) is 30.3 Å². The van der Waals surface area contributed by atoms with Gasteiger partial charge in [0.25, 0.3) is 11.8 Å². The Bertz CT molecular complexity index is 785. The molecule has 29 heavy (non-hydrogen) atoms. The molecular formula is C21H29N3O5. The van der Waals surface area contributed by atoms with Crippen molar-refractivity contribution < 1.29 is 23.9 Å². The first-order valence-corrected chi connectivity index (χ1v) is 9.70. The fourth-order valence-electron chi connectivity index (χ4n) is 3.54. The van der Waals surface area contributed by atoms with Gasteiger partial charge in [0, 0.05) is 12.1 Å². The van der Waals surface area contributed by atoms with Gasteiger partial charge in [-0.3, -0.25) is 19.3 Å². The fraction of sp³-hybridized carbons (Fsp3) is 0.524. The van der Waals surface area contributed by atoms with Crippen molar-refractivity contribution in [1.82, 2.24) is 15.1 Å². The number of urea groups is 1. The first-order valence-electron chi connectivity index (χ1n) is 9.70. The molecule has 0 unspecified atom stereocenters. The van der Waals surface area contributed by atoms with Crippen molar-refractivity contribution in [2.75, 3.05) is 6.54 Å². The van der Waals surface area contributed by atoms with Crippen molar-refractivity contribution in [2.24, 2.45) is 0 Å². The van der Waals surface area contributed by atoms with Gasteiger partial charge in [-0.25, -0.2) is 4.79 Å². The van der Waals surface area contributed by atoms with E-state index in [9.17, 15) is 19.2 Å². The molecule has 158 valence electrons. The minimum atomic E-state index is -1.26. The number of ether oxygens (including phenoxy) is 1. The second kappa shape index (κ2) is 8.63. The third-order valence-corrected chi connectivity index (χ3v) is 4.94. The molecule has 0 spiro atoms. The highest BCUT2D eigenvalue weighted by molar-refractivity contribution is 6.08. The molecule has 1 N–H and O–H groups in total. The van der Waals surface area contributed by atoms with E-state index in [0.29, 0.717) is 5.56 Å². The van der Waals surface area contributed by atoms with Crippen LogP contribution < -0.4 is 5.32 Å². The summed E-state index contributed by atoms with van der Waals surface area (Å²) >= 11 is 0. The SMILES string of the molecule is CC(C)N(C(=O)[C@@H](C)OC(=O)CN1C(=O)N[C@](C)(c2ccccc2)C1=O)C(C)C. The molecule has 8 nitrogen and oxygen atoms in total. The Labute approximate surface area is 171 Å². The van der Waals surface area contributed by atoms with E-state index in [2.05, 4.69) is 5.32 Å². The lowest BCUT2D eigenvalue weighted by Gasteiger charge is -2.32. The summed E-state index contributed by atoms with van der Waals surface area (Å²) in [6.07, 6.45) is -1.02. The van der Waals surface area contributed by atoms with Gasteiger partial charge in [0.05, 0.1) is 0 Å². The molecule has 1 saturated heterocycles. The number of imide groups is 1. The Balaban J connectivity index is 2.06. The quantitative estimate of drug-likeness (QED) is 0.555. The van der Waals surface area contributed by atoms with E-state index >= 15 is 0 Å². The van der Waals surface area contributed by atoms with Crippen molar-refractivity contribution in [3.63, 3.8) is 0 Å². The molecule has 2 atom stereocenters. The molecule has 1 aliphatic heterocycles. The van der Waals surface area contributed by atoms with Crippen LogP contribution in [0.5, 0.6) is 0 Å². The maximum absolute atomic E-state index is 12.8. The second-order valence-electron chi connectivity index (χ2n) is 7.88. The van der Waals surface area contributed by atoms with Crippen LogP contribution >= 0.6 is 0 Å². The smallest absolute Gasteiger partial charge is 0.327 e. The van der Waals surface area contributed by atoms with Crippen LogP contribution in [0.3, 0.4) is 0 Å². The van der Waals surface area contributed by atoms with E-state index in [0.717, 1.165) is 4.90 Å². The molecule has 0 aliphatic carbocycles. The molecule has 1 aromatic carbocycles. The summed E-state index contributed by atoms with van der Waals surface area (Å²) in [5.41, 5.74) is -0.645. The van der Waals surface area contributed by atoms with Crippen molar-refractivity contribution in [1.29, 1.82) is 0 Å². The summed E-state index contributed by atoms with van der Waals surface area (Å²) in [6, 6.07) is 8.00. The predicted molar refractivity (Wildman–Crippen MR) is 107 cm³/mol. The lowest BCUT2D eigenvalue weighted by Crippen LogP contribution is -2.48. The van der Waals surface area contributed by atoms with Gasteiger partial charge in [0.2, 0.25) is 0 Å². The highest BCUT2D eigenvalue weighted by Gasteiger charge is 2.49. The zero-order chi connectivity index (χ0) is 21.9. The Morgan fingerprint density at radius 3 is 2.14 bits per heavy atom. The maximum Gasteiger partial charge on any atom is 0.327 e. The number of nitrogens with one attached hydrogen (secondary N) is 1. The third-order valence-electron chi connectivity index (χ3n) is 4.94. The molecule has 1 aromatic rings. The molecule has 4 amide bonds. The summed E-state index contributed by atoms with van der Waals surface area (Å²) in [5.74, 6) is -1.69. The number of esters is 1. The van der Waals surface area contributed by atoms with Crippen LogP contribution in [0.25, 0.3) is 0 Å². The minimum absolute atomic E-state index is 0.0545. The molecule has 0 radical (unpaired) electrons. The van der Waals surface area contributed by atoms with Gasteiger partial charge < -0.3 is 15.0 Å². The van der Waals surface area contributed by atoms with Crippen molar-refractivity contribution >= 4 is 23.8 Å². The zero-order valence-corrected chi connectivity index (χ0v) is 17.8. The molecular weight excluding hydrogens is 374 g/mol. The number of nitrogens with zero attached hydrogens (tertiary/aromatic N) is 2. The Morgan fingerprint density at radius 2 is 1.62 bits per heavy atom. The van der Waals surface area contributed by atoms with Crippen LogP contribution in [-0.4, -0.2) is 58.3 Å². The van der Waals surface area contributed by atoms with E-state index in [1.54, 1.807) is 42.2 Å². The van der Waals surface area contributed by atoms with Gasteiger partial charge in [-0.05, 0) is 47.1 Å². The Hall–Kier alpha value is -2.90. The zero-order valence-electron chi connectivity index (χ0n) is 17.8. The van der Waals surface area contributed by atoms with Crippen molar-refractivity contribution in [2.45, 2.75) is 65.3 Å². The van der Waals surface area contributed by atoms with E-state index in [1.807, 2.05) is 27.7 Å². The van der Waals surface area contributed by atoms with Crippen LogP contribution in [0.1, 0.15) is 47.1 Å².